The van der Waals surface area contributed by atoms with Gasteiger partial charge in [0.05, 0.1) is 11.1 Å². The van der Waals surface area contributed by atoms with E-state index in [2.05, 4.69) is 15.0 Å². The predicted molar refractivity (Wildman–Crippen MR) is 68.8 cm³/mol. The van der Waals surface area contributed by atoms with Gasteiger partial charge in [0, 0.05) is 6.20 Å². The van der Waals surface area contributed by atoms with Crippen molar-refractivity contribution in [3.05, 3.63) is 47.4 Å². The first-order chi connectivity index (χ1) is 8.65. The molecule has 2 heterocycles. The lowest BCUT2D eigenvalue weighted by molar-refractivity contribution is 0.630. The highest BCUT2D eigenvalue weighted by Gasteiger charge is 2.11. The van der Waals surface area contributed by atoms with Crippen LogP contribution >= 0.6 is 0 Å². The van der Waals surface area contributed by atoms with Crippen LogP contribution in [-0.2, 0) is 0 Å². The molecule has 0 radical (unpaired) electrons. The van der Waals surface area contributed by atoms with E-state index in [-0.39, 0.29) is 5.82 Å². The minimum atomic E-state index is -0.280. The largest absolute Gasteiger partial charge is 0.336 e. The van der Waals surface area contributed by atoms with Crippen LogP contribution < -0.4 is 0 Å². The standard InChI is InChI=1S/C14H12FN3/c1-8-3-4-11(15)10(7-8)13-17-12-9(2)5-6-16-14(12)18-13/h3-7H,1-2H3,(H,16,17,18). The number of nitrogens with one attached hydrogen (secondary N) is 1. The molecule has 2 aromatic heterocycles. The number of H-pyrrole nitrogens is 1. The fraction of sp³-hybridized carbons (Fsp3) is 0.143. The van der Waals surface area contributed by atoms with Gasteiger partial charge in [-0.3, -0.25) is 0 Å². The maximum Gasteiger partial charge on any atom is 0.178 e. The number of aromatic nitrogens is 3. The van der Waals surface area contributed by atoms with Crippen molar-refractivity contribution in [2.75, 3.05) is 0 Å². The average Bonchev–Trinajstić information content (AvgIpc) is 2.77. The third-order valence-corrected chi connectivity index (χ3v) is 2.98. The maximum absolute atomic E-state index is 13.8. The van der Waals surface area contributed by atoms with E-state index in [4.69, 9.17) is 0 Å². The van der Waals surface area contributed by atoms with Gasteiger partial charge in [-0.15, -0.1) is 0 Å². The maximum atomic E-state index is 13.8. The van der Waals surface area contributed by atoms with Gasteiger partial charge in [0.2, 0.25) is 0 Å². The smallest absolute Gasteiger partial charge is 0.178 e. The molecule has 0 bridgehead atoms. The van der Waals surface area contributed by atoms with Crippen LogP contribution in [-0.4, -0.2) is 15.0 Å². The van der Waals surface area contributed by atoms with E-state index >= 15 is 0 Å². The van der Waals surface area contributed by atoms with Crippen LogP contribution in [0.2, 0.25) is 0 Å². The second-order valence-electron chi connectivity index (χ2n) is 4.40. The van der Waals surface area contributed by atoms with E-state index in [0.717, 1.165) is 16.6 Å². The molecule has 4 heteroatoms. The Kier molecular flexibility index (Phi) is 2.37. The molecule has 0 aliphatic rings. The summed E-state index contributed by atoms with van der Waals surface area (Å²) in [6.07, 6.45) is 1.70. The fourth-order valence-electron chi connectivity index (χ4n) is 1.98. The van der Waals surface area contributed by atoms with Crippen molar-refractivity contribution < 1.29 is 4.39 Å². The zero-order valence-corrected chi connectivity index (χ0v) is 10.2. The van der Waals surface area contributed by atoms with Gasteiger partial charge in [-0.2, -0.15) is 0 Å². The average molecular weight is 241 g/mol. The summed E-state index contributed by atoms with van der Waals surface area (Å²) in [6.45, 7) is 3.90. The summed E-state index contributed by atoms with van der Waals surface area (Å²) < 4.78 is 13.8. The third kappa shape index (κ3) is 1.66. The summed E-state index contributed by atoms with van der Waals surface area (Å²) in [4.78, 5) is 11.6. The van der Waals surface area contributed by atoms with E-state index in [1.165, 1.54) is 6.07 Å². The van der Waals surface area contributed by atoms with Crippen LogP contribution in [0.1, 0.15) is 11.1 Å². The quantitative estimate of drug-likeness (QED) is 0.709. The number of rotatable bonds is 1. The van der Waals surface area contributed by atoms with E-state index < -0.39 is 0 Å². The highest BCUT2D eigenvalue weighted by Crippen LogP contribution is 2.24. The zero-order chi connectivity index (χ0) is 12.7. The highest BCUT2D eigenvalue weighted by atomic mass is 19.1. The first kappa shape index (κ1) is 10.9. The Hall–Kier alpha value is -2.23. The lowest BCUT2D eigenvalue weighted by atomic mass is 10.1. The topological polar surface area (TPSA) is 41.6 Å². The SMILES string of the molecule is Cc1ccc(F)c(-c2nc3nccc(C)c3[nH]2)c1. The van der Waals surface area contributed by atoms with E-state index in [1.807, 2.05) is 19.9 Å². The Labute approximate surface area is 104 Å². The van der Waals surface area contributed by atoms with Crippen LogP contribution in [0.5, 0.6) is 0 Å². The number of nitrogens with zero attached hydrogens (tertiary/aromatic N) is 2. The summed E-state index contributed by atoms with van der Waals surface area (Å²) in [5.74, 6) is 0.241. The lowest BCUT2D eigenvalue weighted by Gasteiger charge is -2.00. The number of pyridine rings is 1. The number of aryl methyl sites for hydroxylation is 2. The molecule has 0 atom stereocenters. The Morgan fingerprint density at radius 2 is 2.00 bits per heavy atom. The van der Waals surface area contributed by atoms with Gasteiger partial charge in [-0.05, 0) is 37.6 Å². The molecule has 0 amide bonds. The Balaban J connectivity index is 2.26. The van der Waals surface area contributed by atoms with Crippen molar-refractivity contribution in [3.63, 3.8) is 0 Å². The number of hydrogen-bond acceptors (Lipinski definition) is 2. The Morgan fingerprint density at radius 1 is 1.17 bits per heavy atom. The molecule has 3 aromatic rings. The molecule has 0 saturated heterocycles. The van der Waals surface area contributed by atoms with Crippen LogP contribution in [0.25, 0.3) is 22.6 Å². The van der Waals surface area contributed by atoms with Gasteiger partial charge in [-0.25, -0.2) is 14.4 Å². The number of imidazole rings is 1. The number of benzene rings is 1. The van der Waals surface area contributed by atoms with Crippen LogP contribution in [0, 0.1) is 19.7 Å². The molecule has 3 rings (SSSR count). The van der Waals surface area contributed by atoms with Gasteiger partial charge in [0.15, 0.2) is 5.65 Å². The zero-order valence-electron chi connectivity index (χ0n) is 10.2. The van der Waals surface area contributed by atoms with Gasteiger partial charge < -0.3 is 4.98 Å². The first-order valence-corrected chi connectivity index (χ1v) is 5.73. The van der Waals surface area contributed by atoms with E-state index in [9.17, 15) is 4.39 Å². The fourth-order valence-corrected chi connectivity index (χ4v) is 1.98. The molecule has 1 N–H and O–H groups in total. The first-order valence-electron chi connectivity index (χ1n) is 5.73. The van der Waals surface area contributed by atoms with Gasteiger partial charge in [0.25, 0.3) is 0 Å². The monoisotopic (exact) mass is 241 g/mol. The molecule has 1 aromatic carbocycles. The van der Waals surface area contributed by atoms with Gasteiger partial charge in [-0.1, -0.05) is 11.6 Å². The van der Waals surface area contributed by atoms with Crippen molar-refractivity contribution in [2.24, 2.45) is 0 Å². The third-order valence-electron chi connectivity index (χ3n) is 2.98. The molecule has 0 saturated carbocycles. The normalized spacial score (nSPS) is 11.1. The van der Waals surface area contributed by atoms with Crippen LogP contribution in [0.3, 0.4) is 0 Å². The van der Waals surface area contributed by atoms with Crippen molar-refractivity contribution in [2.45, 2.75) is 13.8 Å². The van der Waals surface area contributed by atoms with Gasteiger partial charge in [0.1, 0.15) is 11.6 Å². The van der Waals surface area contributed by atoms with Crippen molar-refractivity contribution in [1.82, 2.24) is 15.0 Å². The summed E-state index contributed by atoms with van der Waals surface area (Å²) >= 11 is 0. The summed E-state index contributed by atoms with van der Waals surface area (Å²) in [6, 6.07) is 6.88. The minimum Gasteiger partial charge on any atom is -0.336 e. The number of halogens is 1. The second kappa shape index (κ2) is 3.91. The minimum absolute atomic E-state index is 0.280. The molecular formula is C14H12FN3. The van der Waals surface area contributed by atoms with Crippen molar-refractivity contribution >= 4 is 11.2 Å². The van der Waals surface area contributed by atoms with E-state index in [1.54, 1.807) is 18.3 Å². The Morgan fingerprint density at radius 3 is 2.78 bits per heavy atom. The molecule has 0 fully saturated rings. The molecule has 3 nitrogen and oxygen atoms in total. The molecule has 90 valence electrons. The molecule has 0 spiro atoms. The molecule has 0 aliphatic carbocycles. The number of hydrogen-bond donors (Lipinski definition) is 1. The number of aromatic amines is 1. The lowest BCUT2D eigenvalue weighted by Crippen LogP contribution is -1.87. The van der Waals surface area contributed by atoms with Gasteiger partial charge >= 0.3 is 0 Å². The molecule has 18 heavy (non-hydrogen) atoms. The molecular weight excluding hydrogens is 229 g/mol. The Bertz CT molecular complexity index is 731. The number of fused-ring (bicyclic) bond motifs is 1. The van der Waals surface area contributed by atoms with E-state index in [0.29, 0.717) is 17.0 Å². The summed E-state index contributed by atoms with van der Waals surface area (Å²) in [5, 5.41) is 0. The van der Waals surface area contributed by atoms with Crippen molar-refractivity contribution in [1.29, 1.82) is 0 Å². The second-order valence-corrected chi connectivity index (χ2v) is 4.40. The summed E-state index contributed by atoms with van der Waals surface area (Å²) in [5.41, 5.74) is 4.00. The van der Waals surface area contributed by atoms with Crippen molar-refractivity contribution in [3.8, 4) is 11.4 Å². The summed E-state index contributed by atoms with van der Waals surface area (Å²) in [7, 11) is 0. The molecule has 0 unspecified atom stereocenters. The highest BCUT2D eigenvalue weighted by molar-refractivity contribution is 5.78. The van der Waals surface area contributed by atoms with Crippen LogP contribution in [0.15, 0.2) is 30.5 Å². The van der Waals surface area contributed by atoms with Crippen LogP contribution in [0.4, 0.5) is 4.39 Å². The molecule has 0 aliphatic heterocycles. The predicted octanol–water partition coefficient (Wildman–Crippen LogP) is 3.38.